The Morgan fingerprint density at radius 2 is 1.43 bits per heavy atom. The number of aryl methyl sites for hydroxylation is 2. The van der Waals surface area contributed by atoms with Gasteiger partial charge in [-0.15, -0.1) is 0 Å². The van der Waals surface area contributed by atoms with Gasteiger partial charge in [0.2, 0.25) is 10.0 Å². The molecule has 0 radical (unpaired) electrons. The lowest BCUT2D eigenvalue weighted by atomic mass is 10.1. The molecule has 0 aliphatic heterocycles. The molecule has 146 valence electrons. The summed E-state index contributed by atoms with van der Waals surface area (Å²) in [4.78, 5) is 4.20. The van der Waals surface area contributed by atoms with Gasteiger partial charge in [-0.05, 0) is 42.5 Å². The highest BCUT2D eigenvalue weighted by atomic mass is 32.2. The Morgan fingerprint density at radius 1 is 0.786 bits per heavy atom. The molecule has 0 saturated carbocycles. The van der Waals surface area contributed by atoms with E-state index in [2.05, 4.69) is 27.2 Å². The number of nitrogens with one attached hydrogen (secondary N) is 2. The molecule has 1 heterocycles. The Kier molecular flexibility index (Phi) is 7.03. The van der Waals surface area contributed by atoms with Crippen molar-refractivity contribution in [2.75, 3.05) is 22.3 Å². The van der Waals surface area contributed by atoms with Crippen molar-refractivity contribution in [3.63, 3.8) is 0 Å². The van der Waals surface area contributed by atoms with E-state index in [0.717, 1.165) is 30.6 Å². The lowest BCUT2D eigenvalue weighted by Crippen LogP contribution is -2.19. The standard InChI is InChI=1S/C22H25N3O2S/c26-28(27,17-15-20-10-5-2-6-11-20)25-22-14-13-21(18-24-22)23-16-7-12-19-8-3-1-4-9-19/h1-6,8-11,13-14,18,23H,7,12,15-17H2,(H,24,25). The van der Waals surface area contributed by atoms with E-state index in [4.69, 9.17) is 0 Å². The summed E-state index contributed by atoms with van der Waals surface area (Å²) in [6.07, 6.45) is 4.15. The monoisotopic (exact) mass is 395 g/mol. The molecule has 5 nitrogen and oxygen atoms in total. The number of anilines is 2. The molecular weight excluding hydrogens is 370 g/mol. The van der Waals surface area contributed by atoms with Gasteiger partial charge in [-0.2, -0.15) is 0 Å². The second-order valence-corrected chi connectivity index (χ2v) is 8.45. The minimum atomic E-state index is -3.43. The molecule has 6 heteroatoms. The van der Waals surface area contributed by atoms with Crippen LogP contribution in [0.5, 0.6) is 0 Å². The minimum Gasteiger partial charge on any atom is -0.384 e. The fraction of sp³-hybridized carbons (Fsp3) is 0.227. The molecule has 0 fully saturated rings. The predicted molar refractivity (Wildman–Crippen MR) is 115 cm³/mol. The third-order valence-electron chi connectivity index (χ3n) is 4.34. The summed E-state index contributed by atoms with van der Waals surface area (Å²) in [5, 5.41) is 3.31. The maximum atomic E-state index is 12.2. The Balaban J connectivity index is 1.43. The molecule has 1 aromatic heterocycles. The largest absolute Gasteiger partial charge is 0.384 e. The van der Waals surface area contributed by atoms with E-state index in [1.165, 1.54) is 5.56 Å². The number of rotatable bonds is 10. The lowest BCUT2D eigenvalue weighted by Gasteiger charge is -2.09. The smallest absolute Gasteiger partial charge is 0.234 e. The average Bonchev–Trinajstić information content (AvgIpc) is 2.72. The van der Waals surface area contributed by atoms with Crippen molar-refractivity contribution in [1.29, 1.82) is 0 Å². The first kappa shape index (κ1) is 19.9. The van der Waals surface area contributed by atoms with Crippen LogP contribution in [-0.4, -0.2) is 25.7 Å². The topological polar surface area (TPSA) is 71.1 Å². The third kappa shape index (κ3) is 6.70. The molecule has 0 amide bonds. The lowest BCUT2D eigenvalue weighted by molar-refractivity contribution is 0.600. The summed E-state index contributed by atoms with van der Waals surface area (Å²) in [5.74, 6) is 0.362. The quantitative estimate of drug-likeness (QED) is 0.507. The van der Waals surface area contributed by atoms with E-state index >= 15 is 0 Å². The summed E-state index contributed by atoms with van der Waals surface area (Å²) < 4.78 is 27.0. The van der Waals surface area contributed by atoms with Crippen LogP contribution in [0, 0.1) is 0 Å². The predicted octanol–water partition coefficient (Wildman–Crippen LogP) is 4.11. The van der Waals surface area contributed by atoms with Crippen LogP contribution in [0.3, 0.4) is 0 Å². The van der Waals surface area contributed by atoms with Crippen LogP contribution < -0.4 is 10.0 Å². The van der Waals surface area contributed by atoms with E-state index < -0.39 is 10.0 Å². The fourth-order valence-electron chi connectivity index (χ4n) is 2.84. The first-order valence-electron chi connectivity index (χ1n) is 9.39. The van der Waals surface area contributed by atoms with Crippen molar-refractivity contribution in [2.45, 2.75) is 19.3 Å². The van der Waals surface area contributed by atoms with E-state index in [-0.39, 0.29) is 5.75 Å². The van der Waals surface area contributed by atoms with Crippen LogP contribution in [0.15, 0.2) is 79.0 Å². The highest BCUT2D eigenvalue weighted by Gasteiger charge is 2.11. The zero-order valence-corrected chi connectivity index (χ0v) is 16.5. The number of hydrogen-bond acceptors (Lipinski definition) is 4. The first-order valence-corrected chi connectivity index (χ1v) is 11.0. The number of sulfonamides is 1. The molecule has 28 heavy (non-hydrogen) atoms. The van der Waals surface area contributed by atoms with Gasteiger partial charge in [-0.1, -0.05) is 60.7 Å². The number of nitrogens with zero attached hydrogens (tertiary/aromatic N) is 1. The Morgan fingerprint density at radius 3 is 2.04 bits per heavy atom. The third-order valence-corrected chi connectivity index (χ3v) is 5.60. The highest BCUT2D eigenvalue weighted by molar-refractivity contribution is 7.92. The maximum Gasteiger partial charge on any atom is 0.234 e. The molecule has 0 bridgehead atoms. The number of aromatic nitrogens is 1. The number of pyridine rings is 1. The number of hydrogen-bond donors (Lipinski definition) is 2. The summed E-state index contributed by atoms with van der Waals surface area (Å²) in [6.45, 7) is 0.832. The van der Waals surface area contributed by atoms with Gasteiger partial charge in [0.25, 0.3) is 0 Å². The van der Waals surface area contributed by atoms with Crippen LogP contribution in [0.25, 0.3) is 0 Å². The van der Waals surface area contributed by atoms with Crippen molar-refractivity contribution in [2.24, 2.45) is 0 Å². The molecule has 2 aromatic carbocycles. The Hall–Kier alpha value is -2.86. The molecule has 0 spiro atoms. The zero-order chi connectivity index (χ0) is 19.7. The summed E-state index contributed by atoms with van der Waals surface area (Å²) in [7, 11) is -3.43. The normalized spacial score (nSPS) is 11.1. The summed E-state index contributed by atoms with van der Waals surface area (Å²) >= 11 is 0. The molecule has 3 aromatic rings. The highest BCUT2D eigenvalue weighted by Crippen LogP contribution is 2.12. The van der Waals surface area contributed by atoms with Gasteiger partial charge in [-0.3, -0.25) is 4.72 Å². The van der Waals surface area contributed by atoms with Crippen molar-refractivity contribution in [3.05, 3.63) is 90.1 Å². The zero-order valence-electron chi connectivity index (χ0n) is 15.7. The van der Waals surface area contributed by atoms with E-state index in [1.807, 2.05) is 54.6 Å². The maximum absolute atomic E-state index is 12.2. The van der Waals surface area contributed by atoms with E-state index in [1.54, 1.807) is 12.3 Å². The summed E-state index contributed by atoms with van der Waals surface area (Å²) in [6, 6.07) is 23.5. The van der Waals surface area contributed by atoms with Crippen molar-refractivity contribution >= 4 is 21.5 Å². The van der Waals surface area contributed by atoms with E-state index in [0.29, 0.717) is 12.2 Å². The van der Waals surface area contributed by atoms with Crippen LogP contribution >= 0.6 is 0 Å². The van der Waals surface area contributed by atoms with Gasteiger partial charge in [0.05, 0.1) is 17.6 Å². The van der Waals surface area contributed by atoms with E-state index in [9.17, 15) is 8.42 Å². The van der Waals surface area contributed by atoms with Crippen molar-refractivity contribution in [3.8, 4) is 0 Å². The molecule has 0 aliphatic rings. The Labute approximate surface area is 166 Å². The fourth-order valence-corrected chi connectivity index (χ4v) is 3.88. The van der Waals surface area contributed by atoms with Crippen LogP contribution in [0.1, 0.15) is 17.5 Å². The van der Waals surface area contributed by atoms with Crippen LogP contribution in [0.2, 0.25) is 0 Å². The van der Waals surface area contributed by atoms with Crippen LogP contribution in [0.4, 0.5) is 11.5 Å². The van der Waals surface area contributed by atoms with Gasteiger partial charge in [-0.25, -0.2) is 13.4 Å². The van der Waals surface area contributed by atoms with Gasteiger partial charge in [0.15, 0.2) is 0 Å². The molecule has 3 rings (SSSR count). The Bertz CT molecular complexity index is 944. The molecule has 2 N–H and O–H groups in total. The SMILES string of the molecule is O=S(=O)(CCc1ccccc1)Nc1ccc(NCCCc2ccccc2)cn1. The minimum absolute atomic E-state index is 0.0260. The van der Waals surface area contributed by atoms with Gasteiger partial charge < -0.3 is 5.32 Å². The van der Waals surface area contributed by atoms with Crippen molar-refractivity contribution in [1.82, 2.24) is 4.98 Å². The van der Waals surface area contributed by atoms with Gasteiger partial charge >= 0.3 is 0 Å². The first-order chi connectivity index (χ1) is 13.6. The molecule has 0 unspecified atom stereocenters. The molecule has 0 atom stereocenters. The molecule has 0 aliphatic carbocycles. The van der Waals surface area contributed by atoms with Crippen molar-refractivity contribution < 1.29 is 8.42 Å². The van der Waals surface area contributed by atoms with Crippen LogP contribution in [-0.2, 0) is 22.9 Å². The molecular formula is C22H25N3O2S. The van der Waals surface area contributed by atoms with Gasteiger partial charge in [0, 0.05) is 6.54 Å². The second kappa shape index (κ2) is 9.90. The second-order valence-electron chi connectivity index (χ2n) is 6.60. The molecule has 0 saturated heterocycles. The summed E-state index contributed by atoms with van der Waals surface area (Å²) in [5.41, 5.74) is 3.19. The number of benzene rings is 2. The van der Waals surface area contributed by atoms with Gasteiger partial charge in [0.1, 0.15) is 5.82 Å². The average molecular weight is 396 g/mol.